The minimum Gasteiger partial charge on any atom is -0.473 e. The van der Waals surface area contributed by atoms with Crippen LogP contribution < -0.4 is 10.1 Å². The van der Waals surface area contributed by atoms with Crippen LogP contribution in [0.25, 0.3) is 0 Å². The molecular weight excluding hydrogens is 319 g/mol. The normalized spacial score (nSPS) is 11.3. The zero-order valence-electron chi connectivity index (χ0n) is 15.4. The number of benzene rings is 1. The number of amides is 1. The lowest BCUT2D eigenvalue weighted by molar-refractivity contribution is -0.117. The van der Waals surface area contributed by atoms with Gasteiger partial charge in [-0.15, -0.1) is 0 Å². The summed E-state index contributed by atoms with van der Waals surface area (Å²) in [7, 11) is 0. The molecule has 2 aromatic rings. The Labute approximate surface area is 148 Å². The number of carbonyl (C=O) groups excluding carboxylic acids is 1. The lowest BCUT2D eigenvalue weighted by atomic mass is 9.92. The predicted molar refractivity (Wildman–Crippen MR) is 97.1 cm³/mol. The molecule has 0 saturated heterocycles. The van der Waals surface area contributed by atoms with Gasteiger partial charge in [-0.3, -0.25) is 4.79 Å². The molecule has 1 heterocycles. The first kappa shape index (κ1) is 18.9. The summed E-state index contributed by atoms with van der Waals surface area (Å²) in [6.45, 7) is 10.0. The van der Waals surface area contributed by atoms with Crippen LogP contribution in [0.3, 0.4) is 0 Å². The molecule has 1 aromatic heterocycles. The number of rotatable bonds is 5. The number of ether oxygens (including phenoxy) is 1. The average molecular weight is 344 g/mol. The van der Waals surface area contributed by atoms with Gasteiger partial charge in [-0.2, -0.15) is 0 Å². The molecule has 0 atom stereocenters. The van der Waals surface area contributed by atoms with Crippen molar-refractivity contribution < 1.29 is 13.9 Å². The molecule has 0 unspecified atom stereocenters. The Morgan fingerprint density at radius 1 is 1.24 bits per heavy atom. The largest absolute Gasteiger partial charge is 0.473 e. The number of hydrogen-bond donors (Lipinski definition) is 1. The molecule has 1 N–H and O–H groups in total. The Morgan fingerprint density at radius 2 is 1.96 bits per heavy atom. The average Bonchev–Trinajstić information content (AvgIpc) is 2.47. The van der Waals surface area contributed by atoms with Gasteiger partial charge in [0.1, 0.15) is 12.4 Å². The fraction of sp³-hybridized carbons (Fsp3) is 0.400. The highest BCUT2D eigenvalue weighted by Gasteiger charge is 2.18. The molecule has 2 rings (SSSR count). The molecule has 1 amide bonds. The molecule has 0 aliphatic heterocycles. The zero-order valence-corrected chi connectivity index (χ0v) is 15.4. The lowest BCUT2D eigenvalue weighted by Crippen LogP contribution is -2.21. The van der Waals surface area contributed by atoms with Crippen LogP contribution in [0.1, 0.15) is 44.0 Å². The van der Waals surface area contributed by atoms with Crippen molar-refractivity contribution in [1.29, 1.82) is 0 Å². The second-order valence-electron chi connectivity index (χ2n) is 7.44. The maximum Gasteiger partial charge on any atom is 0.224 e. The minimum atomic E-state index is -0.293. The Morgan fingerprint density at radius 3 is 2.56 bits per heavy atom. The van der Waals surface area contributed by atoms with Gasteiger partial charge in [0.05, 0.1) is 11.4 Å². The fourth-order valence-corrected chi connectivity index (χ4v) is 2.51. The SMILES string of the molecule is Cc1cc(OCc2cccc(F)c2)nc(C)c1NC(=O)CC(C)(C)C. The quantitative estimate of drug-likeness (QED) is 0.848. The Kier molecular flexibility index (Phi) is 5.77. The van der Waals surface area contributed by atoms with Gasteiger partial charge >= 0.3 is 0 Å². The Balaban J connectivity index is 2.07. The van der Waals surface area contributed by atoms with Crippen LogP contribution in [-0.4, -0.2) is 10.9 Å². The van der Waals surface area contributed by atoms with Crippen LogP contribution in [0.4, 0.5) is 10.1 Å². The van der Waals surface area contributed by atoms with Gasteiger partial charge in [-0.1, -0.05) is 32.9 Å². The van der Waals surface area contributed by atoms with Crippen molar-refractivity contribution in [3.8, 4) is 5.88 Å². The fourth-order valence-electron chi connectivity index (χ4n) is 2.51. The predicted octanol–water partition coefficient (Wildman–Crippen LogP) is 4.79. The zero-order chi connectivity index (χ0) is 18.6. The summed E-state index contributed by atoms with van der Waals surface area (Å²) in [4.78, 5) is 16.5. The number of nitrogens with one attached hydrogen (secondary N) is 1. The van der Waals surface area contributed by atoms with Crippen molar-refractivity contribution >= 4 is 11.6 Å². The number of pyridine rings is 1. The standard InChI is InChI=1S/C20H25FN2O2/c1-13-9-18(25-12-15-7-6-8-16(21)10-15)22-14(2)19(13)23-17(24)11-20(3,4)5/h6-10H,11-12H2,1-5H3,(H,23,24). The van der Waals surface area contributed by atoms with Crippen molar-refractivity contribution in [3.63, 3.8) is 0 Å². The molecule has 25 heavy (non-hydrogen) atoms. The van der Waals surface area contributed by atoms with Gasteiger partial charge < -0.3 is 10.1 Å². The minimum absolute atomic E-state index is 0.0334. The third-order valence-corrected chi connectivity index (χ3v) is 3.61. The summed E-state index contributed by atoms with van der Waals surface area (Å²) >= 11 is 0. The van der Waals surface area contributed by atoms with E-state index in [0.29, 0.717) is 23.7 Å². The van der Waals surface area contributed by atoms with Crippen LogP contribution in [-0.2, 0) is 11.4 Å². The van der Waals surface area contributed by atoms with Crippen LogP contribution in [0.2, 0.25) is 0 Å². The van der Waals surface area contributed by atoms with E-state index in [1.165, 1.54) is 12.1 Å². The van der Waals surface area contributed by atoms with Crippen molar-refractivity contribution in [2.75, 3.05) is 5.32 Å². The highest BCUT2D eigenvalue weighted by atomic mass is 19.1. The van der Waals surface area contributed by atoms with Gasteiger partial charge in [0.2, 0.25) is 11.8 Å². The molecule has 0 saturated carbocycles. The molecule has 0 spiro atoms. The molecule has 4 nitrogen and oxygen atoms in total. The third-order valence-electron chi connectivity index (χ3n) is 3.61. The summed E-state index contributed by atoms with van der Waals surface area (Å²) in [6.07, 6.45) is 0.434. The van der Waals surface area contributed by atoms with E-state index in [1.807, 2.05) is 34.6 Å². The molecule has 0 aliphatic rings. The van der Waals surface area contributed by atoms with Crippen molar-refractivity contribution in [2.45, 2.75) is 47.6 Å². The van der Waals surface area contributed by atoms with E-state index in [1.54, 1.807) is 18.2 Å². The van der Waals surface area contributed by atoms with Crippen molar-refractivity contribution in [2.24, 2.45) is 5.41 Å². The highest BCUT2D eigenvalue weighted by molar-refractivity contribution is 5.92. The van der Waals surface area contributed by atoms with Gasteiger partial charge in [0.15, 0.2) is 0 Å². The van der Waals surface area contributed by atoms with Crippen LogP contribution >= 0.6 is 0 Å². The maximum absolute atomic E-state index is 13.2. The smallest absolute Gasteiger partial charge is 0.224 e. The summed E-state index contributed by atoms with van der Waals surface area (Å²) in [5.74, 6) is 0.125. The van der Waals surface area contributed by atoms with Crippen molar-refractivity contribution in [1.82, 2.24) is 4.98 Å². The van der Waals surface area contributed by atoms with E-state index in [0.717, 1.165) is 11.1 Å². The maximum atomic E-state index is 13.2. The van der Waals surface area contributed by atoms with E-state index in [2.05, 4.69) is 10.3 Å². The highest BCUT2D eigenvalue weighted by Crippen LogP contribution is 2.25. The molecule has 0 radical (unpaired) electrons. The topological polar surface area (TPSA) is 51.2 Å². The molecule has 0 bridgehead atoms. The molecule has 0 aliphatic carbocycles. The summed E-state index contributed by atoms with van der Waals surface area (Å²) in [6, 6.07) is 8.04. The van der Waals surface area contributed by atoms with Crippen LogP contribution in [0.15, 0.2) is 30.3 Å². The number of nitrogens with zero attached hydrogens (tertiary/aromatic N) is 1. The molecule has 0 fully saturated rings. The third kappa shape index (κ3) is 5.85. The van der Waals surface area contributed by atoms with Crippen LogP contribution in [0, 0.1) is 25.1 Å². The number of anilines is 1. The Bertz CT molecular complexity index is 744. The lowest BCUT2D eigenvalue weighted by Gasteiger charge is -2.19. The molecule has 5 heteroatoms. The van der Waals surface area contributed by atoms with Gasteiger partial charge in [0, 0.05) is 12.5 Å². The van der Waals surface area contributed by atoms with E-state index in [9.17, 15) is 9.18 Å². The number of aromatic nitrogens is 1. The van der Waals surface area contributed by atoms with E-state index in [-0.39, 0.29) is 23.7 Å². The number of halogens is 1. The first-order valence-electron chi connectivity index (χ1n) is 8.29. The number of carbonyl (C=O) groups is 1. The molecule has 134 valence electrons. The van der Waals surface area contributed by atoms with Gasteiger partial charge in [-0.25, -0.2) is 9.37 Å². The van der Waals surface area contributed by atoms with E-state index in [4.69, 9.17) is 4.74 Å². The van der Waals surface area contributed by atoms with Gasteiger partial charge in [0.25, 0.3) is 0 Å². The first-order chi connectivity index (χ1) is 11.6. The summed E-state index contributed by atoms with van der Waals surface area (Å²) < 4.78 is 18.9. The first-order valence-corrected chi connectivity index (χ1v) is 8.29. The number of aryl methyl sites for hydroxylation is 2. The van der Waals surface area contributed by atoms with Crippen molar-refractivity contribution in [3.05, 3.63) is 53.0 Å². The second-order valence-corrected chi connectivity index (χ2v) is 7.44. The Hall–Kier alpha value is -2.43. The molecular formula is C20H25FN2O2. The van der Waals surface area contributed by atoms with Crippen LogP contribution in [0.5, 0.6) is 5.88 Å². The second kappa shape index (κ2) is 7.64. The molecule has 1 aromatic carbocycles. The monoisotopic (exact) mass is 344 g/mol. The number of hydrogen-bond acceptors (Lipinski definition) is 3. The summed E-state index contributed by atoms with van der Waals surface area (Å²) in [5, 5.41) is 2.94. The van der Waals surface area contributed by atoms with Gasteiger partial charge in [-0.05, 0) is 42.5 Å². The summed E-state index contributed by atoms with van der Waals surface area (Å²) in [5.41, 5.74) is 2.94. The van der Waals surface area contributed by atoms with E-state index >= 15 is 0 Å². The van der Waals surface area contributed by atoms with E-state index < -0.39 is 0 Å².